The molecule has 1 aromatic carbocycles. The van der Waals surface area contributed by atoms with Crippen molar-refractivity contribution in [2.45, 2.75) is 24.3 Å². The van der Waals surface area contributed by atoms with Gasteiger partial charge < -0.3 is 5.32 Å². The Balaban J connectivity index is 1.62. The molecule has 1 fully saturated rings. The summed E-state index contributed by atoms with van der Waals surface area (Å²) in [5, 5.41) is 6.71. The number of piperidine rings is 1. The minimum absolute atomic E-state index is 0.132. The van der Waals surface area contributed by atoms with Crippen LogP contribution in [0.15, 0.2) is 41.6 Å². The van der Waals surface area contributed by atoms with E-state index in [2.05, 4.69) is 10.4 Å². The van der Waals surface area contributed by atoms with Crippen LogP contribution in [0.25, 0.3) is 0 Å². The molecule has 0 unspecified atom stereocenters. The molecule has 26 heavy (non-hydrogen) atoms. The van der Waals surface area contributed by atoms with Gasteiger partial charge >= 0.3 is 0 Å². The molecule has 0 aliphatic carbocycles. The second-order valence-corrected chi connectivity index (χ2v) is 8.33. The van der Waals surface area contributed by atoms with Gasteiger partial charge in [-0.2, -0.15) is 9.40 Å². The third-order valence-electron chi connectivity index (χ3n) is 4.45. The lowest BCUT2D eigenvalue weighted by Crippen LogP contribution is -2.45. The van der Waals surface area contributed by atoms with Crippen LogP contribution in [0.2, 0.25) is 0 Å². The summed E-state index contributed by atoms with van der Waals surface area (Å²) < 4.78 is 41.1. The van der Waals surface area contributed by atoms with Gasteiger partial charge in [0.1, 0.15) is 10.7 Å². The molecule has 3 rings (SSSR count). The maximum Gasteiger partial charge on any atom is 0.246 e. The van der Waals surface area contributed by atoms with Crippen LogP contribution in [0.3, 0.4) is 0 Å². The zero-order valence-electron chi connectivity index (χ0n) is 14.4. The predicted octanol–water partition coefficient (Wildman–Crippen LogP) is 1.28. The molecule has 1 atom stereocenters. The number of benzene rings is 1. The summed E-state index contributed by atoms with van der Waals surface area (Å²) in [5.74, 6) is -0.931. The summed E-state index contributed by atoms with van der Waals surface area (Å²) in [5.41, 5.74) is 0.787. The third kappa shape index (κ3) is 4.10. The lowest BCUT2D eigenvalue weighted by Gasteiger charge is -2.30. The molecule has 2 aromatic rings. The SMILES string of the molecule is Cn1cc(S(=O)(=O)N2CCC[C@@H](C(=O)NCc3ccc(F)cc3)C2)cn1. The van der Waals surface area contributed by atoms with Crippen molar-refractivity contribution in [2.75, 3.05) is 13.1 Å². The van der Waals surface area contributed by atoms with Gasteiger partial charge in [0.2, 0.25) is 15.9 Å². The van der Waals surface area contributed by atoms with Crippen LogP contribution in [0.5, 0.6) is 0 Å². The number of rotatable bonds is 5. The molecule has 0 saturated carbocycles. The van der Waals surface area contributed by atoms with Gasteiger partial charge in [0, 0.05) is 32.9 Å². The molecule has 0 bridgehead atoms. The Hall–Kier alpha value is -2.26. The second-order valence-electron chi connectivity index (χ2n) is 6.40. The van der Waals surface area contributed by atoms with Crippen molar-refractivity contribution in [1.82, 2.24) is 19.4 Å². The van der Waals surface area contributed by atoms with E-state index in [0.29, 0.717) is 19.4 Å². The highest BCUT2D eigenvalue weighted by molar-refractivity contribution is 7.89. The minimum atomic E-state index is -3.65. The number of carbonyl (C=O) groups is 1. The summed E-state index contributed by atoms with van der Waals surface area (Å²) in [6.07, 6.45) is 4.02. The van der Waals surface area contributed by atoms with E-state index in [1.165, 1.54) is 33.5 Å². The average Bonchev–Trinajstić information content (AvgIpc) is 3.08. The Morgan fingerprint density at radius 2 is 2.08 bits per heavy atom. The van der Waals surface area contributed by atoms with Gasteiger partial charge in [0.15, 0.2) is 0 Å². The molecule has 1 aliphatic heterocycles. The van der Waals surface area contributed by atoms with Gasteiger partial charge in [-0.3, -0.25) is 9.48 Å². The molecule has 1 amide bonds. The average molecular weight is 380 g/mol. The Kier molecular flexibility index (Phi) is 5.38. The molecule has 0 spiro atoms. The van der Waals surface area contributed by atoms with Crippen molar-refractivity contribution in [3.63, 3.8) is 0 Å². The first-order valence-electron chi connectivity index (χ1n) is 8.37. The number of carbonyl (C=O) groups excluding carboxylic acids is 1. The van der Waals surface area contributed by atoms with E-state index in [0.717, 1.165) is 5.56 Å². The van der Waals surface area contributed by atoms with E-state index < -0.39 is 15.9 Å². The van der Waals surface area contributed by atoms with E-state index in [-0.39, 0.29) is 29.7 Å². The molecular formula is C17H21FN4O3S. The molecule has 1 saturated heterocycles. The fraction of sp³-hybridized carbons (Fsp3) is 0.412. The van der Waals surface area contributed by atoms with Crippen molar-refractivity contribution < 1.29 is 17.6 Å². The molecule has 140 valence electrons. The Labute approximate surface area is 151 Å². The van der Waals surface area contributed by atoms with Gasteiger partial charge in [-0.15, -0.1) is 0 Å². The number of nitrogens with one attached hydrogen (secondary N) is 1. The van der Waals surface area contributed by atoms with E-state index in [9.17, 15) is 17.6 Å². The lowest BCUT2D eigenvalue weighted by molar-refractivity contribution is -0.126. The predicted molar refractivity (Wildman–Crippen MR) is 92.9 cm³/mol. The van der Waals surface area contributed by atoms with Crippen LogP contribution in [0.4, 0.5) is 4.39 Å². The van der Waals surface area contributed by atoms with Crippen molar-refractivity contribution in [1.29, 1.82) is 0 Å². The normalized spacial score (nSPS) is 18.6. The van der Waals surface area contributed by atoms with E-state index in [4.69, 9.17) is 0 Å². The van der Waals surface area contributed by atoms with Crippen LogP contribution in [0.1, 0.15) is 18.4 Å². The summed E-state index contributed by atoms with van der Waals surface area (Å²) in [6.45, 7) is 0.816. The molecule has 9 heteroatoms. The Morgan fingerprint density at radius 1 is 1.35 bits per heavy atom. The fourth-order valence-corrected chi connectivity index (χ4v) is 4.50. The maximum atomic E-state index is 12.9. The largest absolute Gasteiger partial charge is 0.352 e. The monoisotopic (exact) mass is 380 g/mol. The van der Waals surface area contributed by atoms with Crippen molar-refractivity contribution >= 4 is 15.9 Å². The van der Waals surface area contributed by atoms with Crippen molar-refractivity contribution in [3.05, 3.63) is 48.0 Å². The molecule has 1 aliphatic rings. The first kappa shape index (κ1) is 18.5. The number of halogens is 1. The van der Waals surface area contributed by atoms with Crippen LogP contribution < -0.4 is 5.32 Å². The van der Waals surface area contributed by atoms with E-state index >= 15 is 0 Å². The number of aryl methyl sites for hydroxylation is 1. The van der Waals surface area contributed by atoms with Gasteiger partial charge in [0.05, 0.1) is 12.1 Å². The molecule has 1 aromatic heterocycles. The maximum absolute atomic E-state index is 12.9. The number of aromatic nitrogens is 2. The fourth-order valence-electron chi connectivity index (χ4n) is 2.99. The molecule has 0 radical (unpaired) electrons. The first-order valence-corrected chi connectivity index (χ1v) is 9.81. The summed E-state index contributed by atoms with van der Waals surface area (Å²) in [4.78, 5) is 12.6. The van der Waals surface area contributed by atoms with Crippen LogP contribution in [-0.4, -0.2) is 41.5 Å². The molecule has 1 N–H and O–H groups in total. The summed E-state index contributed by atoms with van der Waals surface area (Å²) in [7, 11) is -2.00. The lowest BCUT2D eigenvalue weighted by atomic mass is 9.99. The molecular weight excluding hydrogens is 359 g/mol. The van der Waals surface area contributed by atoms with Gasteiger partial charge in [-0.05, 0) is 30.5 Å². The van der Waals surface area contributed by atoms with E-state index in [1.807, 2.05) is 0 Å². The first-order chi connectivity index (χ1) is 12.4. The second kappa shape index (κ2) is 7.55. The van der Waals surface area contributed by atoms with Gasteiger partial charge in [0.25, 0.3) is 0 Å². The smallest absolute Gasteiger partial charge is 0.246 e. The third-order valence-corrected chi connectivity index (χ3v) is 6.27. The number of nitrogens with zero attached hydrogens (tertiary/aromatic N) is 3. The number of amides is 1. The van der Waals surface area contributed by atoms with Crippen molar-refractivity contribution in [3.8, 4) is 0 Å². The van der Waals surface area contributed by atoms with Crippen LogP contribution in [-0.2, 0) is 28.4 Å². The summed E-state index contributed by atoms with van der Waals surface area (Å²) >= 11 is 0. The Bertz CT molecular complexity index is 880. The Morgan fingerprint density at radius 3 is 2.73 bits per heavy atom. The highest BCUT2D eigenvalue weighted by Gasteiger charge is 2.33. The highest BCUT2D eigenvalue weighted by atomic mass is 32.2. The molecule has 2 heterocycles. The molecule has 7 nitrogen and oxygen atoms in total. The number of sulfonamides is 1. The van der Waals surface area contributed by atoms with Crippen LogP contribution in [0, 0.1) is 11.7 Å². The highest BCUT2D eigenvalue weighted by Crippen LogP contribution is 2.23. The zero-order chi connectivity index (χ0) is 18.7. The standard InChI is InChI=1S/C17H21FN4O3S/c1-21-12-16(10-20-21)26(24,25)22-8-2-3-14(11-22)17(23)19-9-13-4-6-15(18)7-5-13/h4-7,10,12,14H,2-3,8-9,11H2,1H3,(H,19,23)/t14-/m1/s1. The van der Waals surface area contributed by atoms with Gasteiger partial charge in [-0.1, -0.05) is 12.1 Å². The van der Waals surface area contributed by atoms with Crippen LogP contribution >= 0.6 is 0 Å². The summed E-state index contributed by atoms with van der Waals surface area (Å²) in [6, 6.07) is 5.89. The van der Waals surface area contributed by atoms with E-state index in [1.54, 1.807) is 19.2 Å². The van der Waals surface area contributed by atoms with Crippen molar-refractivity contribution in [2.24, 2.45) is 13.0 Å². The van der Waals surface area contributed by atoms with Gasteiger partial charge in [-0.25, -0.2) is 12.8 Å². The minimum Gasteiger partial charge on any atom is -0.352 e. The quantitative estimate of drug-likeness (QED) is 0.847. The topological polar surface area (TPSA) is 84.3 Å². The number of hydrogen-bond donors (Lipinski definition) is 1. The number of hydrogen-bond acceptors (Lipinski definition) is 4. The zero-order valence-corrected chi connectivity index (χ0v) is 15.2.